The van der Waals surface area contributed by atoms with Gasteiger partial charge in [-0.05, 0) is 23.4 Å². The van der Waals surface area contributed by atoms with Gasteiger partial charge in [0.25, 0.3) is 0 Å². The number of amides is 1. The quantitative estimate of drug-likeness (QED) is 0.697. The van der Waals surface area contributed by atoms with Gasteiger partial charge in [0.15, 0.2) is 5.17 Å². The molecule has 0 unspecified atom stereocenters. The van der Waals surface area contributed by atoms with Crippen LogP contribution in [-0.2, 0) is 11.2 Å². The van der Waals surface area contributed by atoms with E-state index in [9.17, 15) is 4.79 Å². The molecule has 3 rings (SSSR count). The number of hydrogen-bond acceptors (Lipinski definition) is 5. The Morgan fingerprint density at radius 1 is 1.19 bits per heavy atom. The highest BCUT2D eigenvalue weighted by Crippen LogP contribution is 2.23. The minimum atomic E-state index is -0.136. The summed E-state index contributed by atoms with van der Waals surface area (Å²) < 4.78 is 0. The van der Waals surface area contributed by atoms with E-state index in [-0.39, 0.29) is 11.2 Å². The molecule has 0 bridgehead atoms. The Hall–Kier alpha value is -1.92. The predicted octanol–water partition coefficient (Wildman–Crippen LogP) is 2.91. The second kappa shape index (κ2) is 6.69. The topological polar surface area (TPSA) is 53.8 Å². The Labute approximate surface area is 131 Å². The van der Waals surface area contributed by atoms with Crippen molar-refractivity contribution in [3.63, 3.8) is 0 Å². The molecule has 4 nitrogen and oxygen atoms in total. The molecule has 1 saturated heterocycles. The van der Waals surface area contributed by atoms with Gasteiger partial charge in [-0.15, -0.1) is 16.4 Å². The highest BCUT2D eigenvalue weighted by atomic mass is 32.2. The Morgan fingerprint density at radius 3 is 2.81 bits per heavy atom. The van der Waals surface area contributed by atoms with Crippen molar-refractivity contribution in [2.75, 3.05) is 0 Å². The molecular formula is C15H13N3OS2. The number of hydrogen-bond donors (Lipinski definition) is 1. The van der Waals surface area contributed by atoms with Crippen LogP contribution in [0.25, 0.3) is 0 Å². The summed E-state index contributed by atoms with van der Waals surface area (Å²) in [5.74, 6) is -0.00562. The summed E-state index contributed by atoms with van der Waals surface area (Å²) in [5.41, 5.74) is 1.15. The molecule has 1 aromatic carbocycles. The van der Waals surface area contributed by atoms with Gasteiger partial charge in [0.05, 0.1) is 11.5 Å². The van der Waals surface area contributed by atoms with Crippen molar-refractivity contribution in [2.45, 2.75) is 11.7 Å². The van der Waals surface area contributed by atoms with Crippen molar-refractivity contribution in [3.8, 4) is 0 Å². The van der Waals surface area contributed by atoms with E-state index < -0.39 is 0 Å². The summed E-state index contributed by atoms with van der Waals surface area (Å²) in [5, 5.41) is 13.3. The highest BCUT2D eigenvalue weighted by molar-refractivity contribution is 8.15. The highest BCUT2D eigenvalue weighted by Gasteiger charge is 2.30. The number of nitrogens with zero attached hydrogens (tertiary/aromatic N) is 2. The van der Waals surface area contributed by atoms with Crippen molar-refractivity contribution >= 4 is 40.4 Å². The Bertz CT molecular complexity index is 665. The fourth-order valence-corrected chi connectivity index (χ4v) is 3.46. The van der Waals surface area contributed by atoms with E-state index in [1.807, 2.05) is 47.8 Å². The zero-order chi connectivity index (χ0) is 14.5. The maximum atomic E-state index is 11.9. The van der Waals surface area contributed by atoms with Crippen molar-refractivity contribution in [2.24, 2.45) is 10.2 Å². The van der Waals surface area contributed by atoms with E-state index in [2.05, 4.69) is 15.5 Å². The molecule has 0 saturated carbocycles. The summed E-state index contributed by atoms with van der Waals surface area (Å²) in [6.07, 6.45) is 2.39. The van der Waals surface area contributed by atoms with Crippen molar-refractivity contribution in [1.29, 1.82) is 0 Å². The lowest BCUT2D eigenvalue weighted by molar-refractivity contribution is -0.118. The molecule has 0 spiro atoms. The third kappa shape index (κ3) is 3.80. The van der Waals surface area contributed by atoms with Gasteiger partial charge >= 0.3 is 0 Å². The first-order chi connectivity index (χ1) is 10.3. The van der Waals surface area contributed by atoms with E-state index in [0.29, 0.717) is 11.6 Å². The molecule has 1 N–H and O–H groups in total. The molecule has 21 heavy (non-hydrogen) atoms. The standard InChI is InChI=1S/C15H13N3OS2/c19-14-13(9-11-5-2-1-3-6-11)21-15(17-14)18-16-10-12-7-4-8-20-12/h1-8,10,13H,9H2,(H,17,18,19)/b16-10+/t13-/m1/s1. The average molecular weight is 315 g/mol. The summed E-state index contributed by atoms with van der Waals surface area (Å²) in [6, 6.07) is 13.9. The lowest BCUT2D eigenvalue weighted by Gasteiger charge is -2.04. The van der Waals surface area contributed by atoms with E-state index in [0.717, 1.165) is 10.4 Å². The number of carbonyl (C=O) groups is 1. The Morgan fingerprint density at radius 2 is 2.05 bits per heavy atom. The first-order valence-corrected chi connectivity index (χ1v) is 8.23. The molecule has 6 heteroatoms. The summed E-state index contributed by atoms with van der Waals surface area (Å²) in [7, 11) is 0. The van der Waals surface area contributed by atoms with Gasteiger partial charge in [0, 0.05) is 4.88 Å². The third-order valence-electron chi connectivity index (χ3n) is 2.92. The van der Waals surface area contributed by atoms with Gasteiger partial charge in [-0.2, -0.15) is 5.10 Å². The fraction of sp³-hybridized carbons (Fsp3) is 0.133. The largest absolute Gasteiger partial charge is 0.303 e. The number of carbonyl (C=O) groups excluding carboxylic acids is 1. The number of thioether (sulfide) groups is 1. The number of nitrogens with one attached hydrogen (secondary N) is 1. The summed E-state index contributed by atoms with van der Waals surface area (Å²) in [4.78, 5) is 13.0. The second-order valence-corrected chi connectivity index (χ2v) is 6.62. The minimum absolute atomic E-state index is 0.00562. The molecule has 1 aliphatic heterocycles. The molecule has 1 amide bonds. The monoisotopic (exact) mass is 315 g/mol. The predicted molar refractivity (Wildman–Crippen MR) is 89.0 cm³/mol. The zero-order valence-corrected chi connectivity index (χ0v) is 12.7. The smallest absolute Gasteiger partial charge is 0.239 e. The van der Waals surface area contributed by atoms with Gasteiger partial charge in [-0.25, -0.2) is 0 Å². The number of amidine groups is 1. The minimum Gasteiger partial charge on any atom is -0.303 e. The zero-order valence-electron chi connectivity index (χ0n) is 11.1. The molecular weight excluding hydrogens is 302 g/mol. The van der Waals surface area contributed by atoms with Gasteiger partial charge in [0.1, 0.15) is 0 Å². The normalized spacial score (nSPS) is 20.3. The van der Waals surface area contributed by atoms with Crippen LogP contribution < -0.4 is 5.32 Å². The van der Waals surface area contributed by atoms with Crippen LogP contribution in [0.2, 0.25) is 0 Å². The molecule has 1 aromatic heterocycles. The number of rotatable bonds is 4. The van der Waals surface area contributed by atoms with E-state index in [1.54, 1.807) is 17.6 Å². The maximum absolute atomic E-state index is 11.9. The molecule has 1 aliphatic rings. The van der Waals surface area contributed by atoms with Crippen LogP contribution in [0.15, 0.2) is 58.0 Å². The van der Waals surface area contributed by atoms with Crippen LogP contribution >= 0.6 is 23.1 Å². The van der Waals surface area contributed by atoms with E-state index >= 15 is 0 Å². The Kier molecular flexibility index (Phi) is 4.47. The lowest BCUT2D eigenvalue weighted by Crippen LogP contribution is -2.25. The van der Waals surface area contributed by atoms with Crippen LogP contribution in [0.3, 0.4) is 0 Å². The van der Waals surface area contributed by atoms with Crippen LogP contribution in [0, 0.1) is 0 Å². The van der Waals surface area contributed by atoms with Crippen LogP contribution in [0.1, 0.15) is 10.4 Å². The second-order valence-electron chi connectivity index (χ2n) is 4.45. The van der Waals surface area contributed by atoms with Crippen molar-refractivity contribution in [1.82, 2.24) is 5.32 Å². The van der Waals surface area contributed by atoms with Gasteiger partial charge < -0.3 is 5.32 Å². The number of thiophene rings is 1. The first-order valence-electron chi connectivity index (χ1n) is 6.47. The van der Waals surface area contributed by atoms with Gasteiger partial charge in [-0.1, -0.05) is 48.2 Å². The lowest BCUT2D eigenvalue weighted by atomic mass is 10.1. The van der Waals surface area contributed by atoms with Gasteiger partial charge in [0.2, 0.25) is 5.91 Å². The molecule has 1 fully saturated rings. The first kappa shape index (κ1) is 14.0. The molecule has 2 aromatic rings. The van der Waals surface area contributed by atoms with Crippen LogP contribution in [-0.4, -0.2) is 22.5 Å². The maximum Gasteiger partial charge on any atom is 0.239 e. The molecule has 106 valence electrons. The fourth-order valence-electron chi connectivity index (χ4n) is 1.92. The molecule has 0 radical (unpaired) electrons. The van der Waals surface area contributed by atoms with Crippen LogP contribution in [0.4, 0.5) is 0 Å². The van der Waals surface area contributed by atoms with Crippen molar-refractivity contribution < 1.29 is 4.79 Å². The number of benzene rings is 1. The van der Waals surface area contributed by atoms with E-state index in [4.69, 9.17) is 0 Å². The summed E-state index contributed by atoms with van der Waals surface area (Å²) >= 11 is 3.03. The average Bonchev–Trinajstić information content (AvgIpc) is 3.11. The van der Waals surface area contributed by atoms with Crippen LogP contribution in [0.5, 0.6) is 0 Å². The van der Waals surface area contributed by atoms with Gasteiger partial charge in [-0.3, -0.25) is 4.79 Å². The Balaban J connectivity index is 1.62. The molecule has 0 aliphatic carbocycles. The summed E-state index contributed by atoms with van der Waals surface area (Å²) in [6.45, 7) is 0. The third-order valence-corrected chi connectivity index (χ3v) is 4.80. The van der Waals surface area contributed by atoms with Crippen molar-refractivity contribution in [3.05, 3.63) is 58.3 Å². The molecule has 2 heterocycles. The van der Waals surface area contributed by atoms with E-state index in [1.165, 1.54) is 11.8 Å². The SMILES string of the molecule is O=C1N/C(=N\N=C\c2cccs2)S[C@@H]1Cc1ccccc1. The molecule has 1 atom stereocenters.